The van der Waals surface area contributed by atoms with Gasteiger partial charge in [0.2, 0.25) is 17.7 Å². The van der Waals surface area contributed by atoms with Crippen LogP contribution in [0.15, 0.2) is 30.3 Å². The summed E-state index contributed by atoms with van der Waals surface area (Å²) in [5.74, 6) is 0.323. The molecule has 3 aliphatic rings. The maximum atomic E-state index is 12.9. The predicted octanol–water partition coefficient (Wildman–Crippen LogP) is 1.51. The lowest BCUT2D eigenvalue weighted by Gasteiger charge is -2.47. The van der Waals surface area contributed by atoms with E-state index in [1.165, 1.54) is 5.56 Å². The molecule has 2 saturated heterocycles. The molecule has 3 amide bonds. The lowest BCUT2D eigenvalue weighted by atomic mass is 9.72. The first-order valence-corrected chi connectivity index (χ1v) is 9.87. The number of hydrogen-bond donors (Lipinski definition) is 1. The van der Waals surface area contributed by atoms with E-state index < -0.39 is 5.91 Å². The first kappa shape index (κ1) is 18.0. The molecular formula is C21H27N3O3. The van der Waals surface area contributed by atoms with Crippen molar-refractivity contribution in [2.45, 2.75) is 38.0 Å². The number of carbonyl (C=O) groups excluding carboxylic acids is 3. The van der Waals surface area contributed by atoms with Gasteiger partial charge in [-0.3, -0.25) is 14.4 Å². The maximum Gasteiger partial charge on any atom is 0.237 e. The van der Waals surface area contributed by atoms with Gasteiger partial charge >= 0.3 is 0 Å². The van der Waals surface area contributed by atoms with Crippen LogP contribution in [0.25, 0.3) is 0 Å². The average Bonchev–Trinajstić information content (AvgIpc) is 3.46. The van der Waals surface area contributed by atoms with Crippen molar-refractivity contribution in [1.29, 1.82) is 0 Å². The fourth-order valence-corrected chi connectivity index (χ4v) is 4.82. The Morgan fingerprint density at radius 2 is 1.81 bits per heavy atom. The van der Waals surface area contributed by atoms with Crippen LogP contribution in [-0.4, -0.2) is 53.7 Å². The van der Waals surface area contributed by atoms with Gasteiger partial charge in [0.15, 0.2) is 0 Å². The monoisotopic (exact) mass is 369 g/mol. The summed E-state index contributed by atoms with van der Waals surface area (Å²) in [6.07, 6.45) is 4.05. The van der Waals surface area contributed by atoms with Crippen LogP contribution in [0.2, 0.25) is 0 Å². The van der Waals surface area contributed by atoms with E-state index in [1.807, 2.05) is 23.1 Å². The number of piperidine rings is 2. The first-order chi connectivity index (χ1) is 13.0. The minimum Gasteiger partial charge on any atom is -0.368 e. The smallest absolute Gasteiger partial charge is 0.237 e. The Bertz CT molecular complexity index is 740. The summed E-state index contributed by atoms with van der Waals surface area (Å²) >= 11 is 0. The van der Waals surface area contributed by atoms with Crippen molar-refractivity contribution in [1.82, 2.24) is 9.80 Å². The van der Waals surface area contributed by atoms with Crippen molar-refractivity contribution in [2.75, 3.05) is 26.2 Å². The van der Waals surface area contributed by atoms with E-state index in [0.29, 0.717) is 18.9 Å². The van der Waals surface area contributed by atoms with E-state index in [1.54, 1.807) is 4.90 Å². The zero-order valence-corrected chi connectivity index (χ0v) is 15.6. The molecule has 144 valence electrons. The van der Waals surface area contributed by atoms with Crippen molar-refractivity contribution in [2.24, 2.45) is 17.1 Å². The summed E-state index contributed by atoms with van der Waals surface area (Å²) < 4.78 is 0. The molecule has 2 heterocycles. The second-order valence-corrected chi connectivity index (χ2v) is 8.40. The number of rotatable bonds is 4. The van der Waals surface area contributed by atoms with Crippen LogP contribution in [-0.2, 0) is 14.4 Å². The second kappa shape index (κ2) is 6.98. The highest BCUT2D eigenvalue weighted by Crippen LogP contribution is 2.49. The molecule has 1 aromatic rings. The van der Waals surface area contributed by atoms with Crippen LogP contribution < -0.4 is 5.73 Å². The molecule has 1 aromatic carbocycles. The third kappa shape index (κ3) is 3.70. The van der Waals surface area contributed by atoms with Crippen LogP contribution in [0.1, 0.15) is 43.6 Å². The van der Waals surface area contributed by atoms with Crippen molar-refractivity contribution in [3.63, 3.8) is 0 Å². The Kier molecular flexibility index (Phi) is 4.66. The Morgan fingerprint density at radius 3 is 2.48 bits per heavy atom. The second-order valence-electron chi connectivity index (χ2n) is 8.40. The third-order valence-electron chi connectivity index (χ3n) is 6.57. The van der Waals surface area contributed by atoms with E-state index in [2.05, 4.69) is 12.1 Å². The standard InChI is InChI=1S/C21H27N3O3/c22-18(25)13-24-14-21(7-6-19(24)26)8-10-23(11-9-21)20(27)17-12-16(17)15-4-2-1-3-5-15/h1-5,16-17H,6-14H2,(H2,22,25)/t16-,17+/m0/s1. The van der Waals surface area contributed by atoms with Crippen molar-refractivity contribution in [3.8, 4) is 0 Å². The number of amides is 3. The number of benzene rings is 1. The van der Waals surface area contributed by atoms with E-state index in [9.17, 15) is 14.4 Å². The van der Waals surface area contributed by atoms with Gasteiger partial charge in [-0.15, -0.1) is 0 Å². The minimum absolute atomic E-state index is 0.00403. The Balaban J connectivity index is 1.33. The number of carbonyl (C=O) groups is 3. The molecule has 0 radical (unpaired) electrons. The summed E-state index contributed by atoms with van der Waals surface area (Å²) in [4.78, 5) is 39.8. The molecule has 3 fully saturated rings. The topological polar surface area (TPSA) is 83.7 Å². The van der Waals surface area contributed by atoms with E-state index in [-0.39, 0.29) is 29.7 Å². The summed E-state index contributed by atoms with van der Waals surface area (Å²) in [7, 11) is 0. The molecule has 4 rings (SSSR count). The molecule has 1 saturated carbocycles. The number of hydrogen-bond acceptors (Lipinski definition) is 3. The van der Waals surface area contributed by atoms with Gasteiger partial charge < -0.3 is 15.5 Å². The van der Waals surface area contributed by atoms with Gasteiger partial charge in [0.1, 0.15) is 0 Å². The first-order valence-electron chi connectivity index (χ1n) is 9.87. The van der Waals surface area contributed by atoms with Crippen LogP contribution in [0.5, 0.6) is 0 Å². The van der Waals surface area contributed by atoms with E-state index >= 15 is 0 Å². The zero-order chi connectivity index (χ0) is 19.0. The lowest BCUT2D eigenvalue weighted by Crippen LogP contribution is -2.54. The highest BCUT2D eigenvalue weighted by atomic mass is 16.2. The van der Waals surface area contributed by atoms with Gasteiger partial charge in [-0.2, -0.15) is 0 Å². The predicted molar refractivity (Wildman–Crippen MR) is 101 cm³/mol. The highest BCUT2D eigenvalue weighted by Gasteiger charge is 2.48. The van der Waals surface area contributed by atoms with Gasteiger partial charge in [-0.25, -0.2) is 0 Å². The molecule has 1 spiro atoms. The van der Waals surface area contributed by atoms with Gasteiger partial charge in [-0.1, -0.05) is 30.3 Å². The molecule has 6 heteroatoms. The Morgan fingerprint density at radius 1 is 1.11 bits per heavy atom. The molecule has 2 aliphatic heterocycles. The normalized spacial score (nSPS) is 26.9. The fraction of sp³-hybridized carbons (Fsp3) is 0.571. The van der Waals surface area contributed by atoms with Gasteiger partial charge in [0.25, 0.3) is 0 Å². The van der Waals surface area contributed by atoms with Crippen molar-refractivity contribution < 1.29 is 14.4 Å². The average molecular weight is 369 g/mol. The SMILES string of the molecule is NC(=O)CN1CC2(CCC1=O)CCN(C(=O)[C@@H]1C[C@H]1c1ccccc1)CC2. The third-order valence-corrected chi connectivity index (χ3v) is 6.57. The zero-order valence-electron chi connectivity index (χ0n) is 15.6. The Labute approximate surface area is 159 Å². The molecule has 0 aromatic heterocycles. The molecule has 1 aliphatic carbocycles. The Hall–Kier alpha value is -2.37. The van der Waals surface area contributed by atoms with Gasteiger partial charge in [0, 0.05) is 32.0 Å². The molecular weight excluding hydrogens is 342 g/mol. The van der Waals surface area contributed by atoms with Crippen molar-refractivity contribution in [3.05, 3.63) is 35.9 Å². The molecule has 2 N–H and O–H groups in total. The summed E-state index contributed by atoms with van der Waals surface area (Å²) in [6.45, 7) is 2.09. The summed E-state index contributed by atoms with van der Waals surface area (Å²) in [5, 5.41) is 0. The van der Waals surface area contributed by atoms with Crippen LogP contribution in [0, 0.1) is 11.3 Å². The fourth-order valence-electron chi connectivity index (χ4n) is 4.82. The van der Waals surface area contributed by atoms with Gasteiger partial charge in [0.05, 0.1) is 6.54 Å². The maximum absolute atomic E-state index is 12.9. The lowest BCUT2D eigenvalue weighted by molar-refractivity contribution is -0.144. The molecule has 0 bridgehead atoms. The quantitative estimate of drug-likeness (QED) is 0.873. The minimum atomic E-state index is -0.464. The van der Waals surface area contributed by atoms with Gasteiger partial charge in [-0.05, 0) is 42.6 Å². The molecule has 6 nitrogen and oxygen atoms in total. The number of nitrogens with zero attached hydrogens (tertiary/aromatic N) is 2. The number of likely N-dealkylation sites (tertiary alicyclic amines) is 2. The number of nitrogens with two attached hydrogens (primary N) is 1. The van der Waals surface area contributed by atoms with Crippen LogP contribution >= 0.6 is 0 Å². The van der Waals surface area contributed by atoms with Crippen LogP contribution in [0.4, 0.5) is 0 Å². The largest absolute Gasteiger partial charge is 0.368 e. The highest BCUT2D eigenvalue weighted by molar-refractivity contribution is 5.84. The number of primary amides is 1. The van der Waals surface area contributed by atoms with Crippen molar-refractivity contribution >= 4 is 17.7 Å². The van der Waals surface area contributed by atoms with E-state index in [0.717, 1.165) is 38.8 Å². The van der Waals surface area contributed by atoms with Crippen LogP contribution in [0.3, 0.4) is 0 Å². The molecule has 2 atom stereocenters. The summed E-state index contributed by atoms with van der Waals surface area (Å²) in [6, 6.07) is 10.3. The molecule has 27 heavy (non-hydrogen) atoms. The molecule has 0 unspecified atom stereocenters. The summed E-state index contributed by atoms with van der Waals surface area (Å²) in [5.41, 5.74) is 6.57. The van der Waals surface area contributed by atoms with E-state index in [4.69, 9.17) is 5.73 Å².